The quantitative estimate of drug-likeness (QED) is 0.166. The Morgan fingerprint density at radius 2 is 1.78 bits per heavy atom. The van der Waals surface area contributed by atoms with Crippen LogP contribution in [0.15, 0.2) is 36.0 Å². The number of carbonyl (C=O) groups excluding carboxylic acids is 1. The van der Waals surface area contributed by atoms with Crippen LogP contribution < -0.4 is 0 Å². The summed E-state index contributed by atoms with van der Waals surface area (Å²) in [6.45, 7) is 14.7. The first kappa shape index (κ1) is 44.3. The van der Waals surface area contributed by atoms with Crippen molar-refractivity contribution in [3.63, 3.8) is 0 Å². The number of aliphatic hydroxyl groups is 4. The van der Waals surface area contributed by atoms with E-state index in [0.29, 0.717) is 56.4 Å². The van der Waals surface area contributed by atoms with E-state index < -0.39 is 71.7 Å². The van der Waals surface area contributed by atoms with Crippen LogP contribution in [0, 0.1) is 17.8 Å². The molecule has 6 fully saturated rings. The van der Waals surface area contributed by atoms with Gasteiger partial charge in [0, 0.05) is 38.0 Å². The first-order chi connectivity index (χ1) is 27.5. The Morgan fingerprint density at radius 3 is 2.52 bits per heavy atom. The van der Waals surface area contributed by atoms with Crippen LogP contribution in [0.3, 0.4) is 0 Å². The van der Waals surface area contributed by atoms with E-state index in [0.717, 1.165) is 50.7 Å². The van der Waals surface area contributed by atoms with Gasteiger partial charge in [-0.3, -0.25) is 0 Å². The van der Waals surface area contributed by atoms with Crippen molar-refractivity contribution in [2.75, 3.05) is 13.7 Å². The van der Waals surface area contributed by atoms with Crippen LogP contribution in [0.1, 0.15) is 125 Å². The zero-order chi connectivity index (χ0) is 41.6. The average Bonchev–Trinajstić information content (AvgIpc) is 3.59. The van der Waals surface area contributed by atoms with Crippen molar-refractivity contribution in [1.29, 1.82) is 0 Å². The zero-order valence-corrected chi connectivity index (χ0v) is 35.5. The number of carbonyl (C=O) groups is 1. The Balaban J connectivity index is 0.919. The van der Waals surface area contributed by atoms with Crippen LogP contribution in [-0.4, -0.2) is 124 Å². The molecule has 3 spiro atoms. The largest absolute Gasteiger partial charge is 0.467 e. The van der Waals surface area contributed by atoms with E-state index in [1.807, 2.05) is 19.1 Å². The van der Waals surface area contributed by atoms with Gasteiger partial charge in [-0.05, 0) is 95.1 Å². The summed E-state index contributed by atoms with van der Waals surface area (Å²) >= 11 is 0. The van der Waals surface area contributed by atoms with E-state index >= 15 is 0 Å². The summed E-state index contributed by atoms with van der Waals surface area (Å²) in [6.07, 6.45) is 9.94. The fourth-order valence-corrected chi connectivity index (χ4v) is 10.8. The van der Waals surface area contributed by atoms with Crippen LogP contribution >= 0.6 is 0 Å². The summed E-state index contributed by atoms with van der Waals surface area (Å²) in [4.78, 5) is 12.2. The number of ether oxygens (including phenoxy) is 8. The molecular formula is C45H70O13. The number of fused-ring (bicyclic) bond motifs is 1. The van der Waals surface area contributed by atoms with Crippen LogP contribution in [-0.2, 0) is 42.7 Å². The lowest BCUT2D eigenvalue weighted by Crippen LogP contribution is -2.60. The monoisotopic (exact) mass is 818 g/mol. The Bertz CT molecular complexity index is 1520. The van der Waals surface area contributed by atoms with E-state index in [1.165, 1.54) is 14.0 Å². The molecule has 0 unspecified atom stereocenters. The van der Waals surface area contributed by atoms with Crippen molar-refractivity contribution in [2.24, 2.45) is 17.8 Å². The highest BCUT2D eigenvalue weighted by atomic mass is 16.7. The molecule has 0 amide bonds. The molecule has 0 bridgehead atoms. The second kappa shape index (κ2) is 17.6. The third kappa shape index (κ3) is 9.21. The van der Waals surface area contributed by atoms with Crippen molar-refractivity contribution >= 4 is 5.97 Å². The minimum absolute atomic E-state index is 0.0145. The van der Waals surface area contributed by atoms with Crippen molar-refractivity contribution < 1.29 is 63.1 Å². The number of rotatable bonds is 10. The second-order valence-corrected chi connectivity index (χ2v) is 19.1. The summed E-state index contributed by atoms with van der Waals surface area (Å²) < 4.78 is 50.2. The maximum absolute atomic E-state index is 12.2. The molecule has 0 aromatic rings. The highest BCUT2D eigenvalue weighted by molar-refractivity contribution is 5.78. The van der Waals surface area contributed by atoms with Crippen LogP contribution in [0.2, 0.25) is 0 Å². The summed E-state index contributed by atoms with van der Waals surface area (Å²) in [5.41, 5.74) is -0.287. The number of hydrogen-bond acceptors (Lipinski definition) is 13. The van der Waals surface area contributed by atoms with Gasteiger partial charge in [-0.1, -0.05) is 45.1 Å². The normalized spacial score (nSPS) is 44.8. The first-order valence-electron chi connectivity index (χ1n) is 22.1. The van der Waals surface area contributed by atoms with Gasteiger partial charge in [0.15, 0.2) is 17.2 Å². The Kier molecular flexibility index (Phi) is 13.4. The zero-order valence-electron chi connectivity index (χ0n) is 35.5. The molecule has 0 radical (unpaired) electrons. The maximum atomic E-state index is 12.2. The molecule has 7 rings (SSSR count). The van der Waals surface area contributed by atoms with Crippen molar-refractivity contribution in [3.05, 3.63) is 36.0 Å². The molecule has 328 valence electrons. The summed E-state index contributed by atoms with van der Waals surface area (Å²) in [7, 11) is 1.24. The minimum atomic E-state index is -1.73. The molecule has 7 aliphatic heterocycles. The van der Waals surface area contributed by atoms with Crippen molar-refractivity contribution in [3.8, 4) is 0 Å². The predicted octanol–water partition coefficient (Wildman–Crippen LogP) is 5.30. The molecule has 4 N–H and O–H groups in total. The Morgan fingerprint density at radius 1 is 1.02 bits per heavy atom. The summed E-state index contributed by atoms with van der Waals surface area (Å²) in [5.74, 6) is -3.15. The lowest BCUT2D eigenvalue weighted by Gasteiger charge is -2.50. The van der Waals surface area contributed by atoms with Gasteiger partial charge >= 0.3 is 5.97 Å². The van der Waals surface area contributed by atoms with Gasteiger partial charge in [0.05, 0.1) is 50.3 Å². The van der Waals surface area contributed by atoms with Gasteiger partial charge in [-0.2, -0.15) is 0 Å². The van der Waals surface area contributed by atoms with E-state index in [1.54, 1.807) is 0 Å². The molecule has 0 aromatic carbocycles. The van der Waals surface area contributed by atoms with E-state index in [2.05, 4.69) is 33.4 Å². The molecule has 0 saturated carbocycles. The lowest BCUT2D eigenvalue weighted by molar-refractivity contribution is -0.321. The summed E-state index contributed by atoms with van der Waals surface area (Å²) in [5, 5.41) is 45.0. The molecule has 13 heteroatoms. The molecular weight excluding hydrogens is 748 g/mol. The lowest BCUT2D eigenvalue weighted by atomic mass is 9.79. The smallest absolute Gasteiger partial charge is 0.337 e. The molecule has 13 nitrogen and oxygen atoms in total. The number of esters is 1. The number of methoxy groups -OCH3 is 1. The van der Waals surface area contributed by atoms with Crippen molar-refractivity contribution in [1.82, 2.24) is 0 Å². The first-order valence-corrected chi connectivity index (χ1v) is 22.1. The van der Waals surface area contributed by atoms with Gasteiger partial charge in [-0.25, -0.2) is 4.79 Å². The maximum Gasteiger partial charge on any atom is 0.337 e. The number of hydrogen-bond donors (Lipinski definition) is 4. The molecule has 17 atom stereocenters. The minimum Gasteiger partial charge on any atom is -0.467 e. The molecule has 0 aromatic heterocycles. The third-order valence-corrected chi connectivity index (χ3v) is 14.2. The van der Waals surface area contributed by atoms with Gasteiger partial charge in [0.1, 0.15) is 24.4 Å². The third-order valence-electron chi connectivity index (χ3n) is 14.2. The van der Waals surface area contributed by atoms with E-state index in [4.69, 9.17) is 37.9 Å². The molecule has 7 heterocycles. The fraction of sp³-hybridized carbons (Fsp3) is 0.844. The van der Waals surface area contributed by atoms with Gasteiger partial charge < -0.3 is 58.3 Å². The van der Waals surface area contributed by atoms with Crippen molar-refractivity contribution in [2.45, 2.75) is 209 Å². The topological polar surface area (TPSA) is 172 Å². The predicted molar refractivity (Wildman–Crippen MR) is 212 cm³/mol. The molecule has 7 aliphatic rings. The highest BCUT2D eigenvalue weighted by Gasteiger charge is 2.55. The van der Waals surface area contributed by atoms with Crippen LogP contribution in [0.4, 0.5) is 0 Å². The SMILES string of the molecule is C=C1[C@@H](O)[C@H]2O[C@]3(CC[C@@H]2O[C@@H]1[C@@H](O)C[C@H](C)[C@H]1O[C@@]2(CCCCO2)CC[C@H]1C)CC[C@H](/C=C/[C@H](C)[C@@H]1CC(C)=C[C@@]2(O[C@H](C[C@@](C)(O)C(=O)OC)CC[C@H]2O)O1)O3. The van der Waals surface area contributed by atoms with Crippen LogP contribution in [0.25, 0.3) is 0 Å². The van der Waals surface area contributed by atoms with Gasteiger partial charge in [0.25, 0.3) is 0 Å². The molecule has 6 saturated heterocycles. The number of aliphatic hydroxyl groups excluding tert-OH is 3. The Labute approximate surface area is 344 Å². The molecule has 58 heavy (non-hydrogen) atoms. The van der Waals surface area contributed by atoms with E-state index in [-0.39, 0.29) is 36.6 Å². The Hall–Kier alpha value is -1.75. The standard InChI is InChI=1S/C45H70O13/c1-26-22-35(56-45(24-26)36(47)13-12-32(55-45)25-42(6,50)41(49)51-7)27(2)10-11-31-15-19-44(54-31)20-16-34-40(58-44)37(48)30(5)39(53-34)33(46)23-29(4)38-28(3)14-18-43(57-38)17-8-9-21-52-43/h10-11,24,27-29,31-40,46-48,50H,5,8-9,12-23,25H2,1-4,6-7H3/b11-10+/t27-,28+,29-,31-,32-,33-,34-,35-,36+,37+,38-,39-,40-,42+,43-,44-,45+/m0/s1. The fourth-order valence-electron chi connectivity index (χ4n) is 10.8. The van der Waals surface area contributed by atoms with Crippen LogP contribution in [0.5, 0.6) is 0 Å². The average molecular weight is 819 g/mol. The second-order valence-electron chi connectivity index (χ2n) is 19.1. The summed E-state index contributed by atoms with van der Waals surface area (Å²) in [6, 6.07) is 0. The molecule has 0 aliphatic carbocycles. The van der Waals surface area contributed by atoms with E-state index in [9.17, 15) is 25.2 Å². The highest BCUT2D eigenvalue weighted by Crippen LogP contribution is 2.47. The van der Waals surface area contributed by atoms with Gasteiger partial charge in [0.2, 0.25) is 5.79 Å². The van der Waals surface area contributed by atoms with Gasteiger partial charge in [-0.15, -0.1) is 0 Å².